The Hall–Kier alpha value is -2.48. The van der Waals surface area contributed by atoms with Crippen LogP contribution in [0.25, 0.3) is 16.9 Å². The Balaban J connectivity index is 1.95. The number of nitrogens with two attached hydrogens (primary N) is 1. The third kappa shape index (κ3) is 3.85. The second-order valence-corrected chi connectivity index (χ2v) is 5.73. The number of nitrogens with zero attached hydrogens (tertiary/aromatic N) is 4. The minimum absolute atomic E-state index is 0.144. The molecule has 0 aromatic carbocycles. The summed E-state index contributed by atoms with van der Waals surface area (Å²) in [6.07, 6.45) is -1.99. The lowest BCUT2D eigenvalue weighted by molar-refractivity contribution is -0.137. The predicted molar refractivity (Wildman–Crippen MR) is 94.2 cm³/mol. The van der Waals surface area contributed by atoms with Crippen LogP contribution in [0.1, 0.15) is 5.56 Å². The molecule has 0 aliphatic carbocycles. The van der Waals surface area contributed by atoms with Crippen LogP contribution in [0.3, 0.4) is 0 Å². The van der Waals surface area contributed by atoms with E-state index in [9.17, 15) is 18.0 Å². The topological polar surface area (TPSA) is 107 Å². The van der Waals surface area contributed by atoms with Crippen LogP contribution in [0.15, 0.2) is 30.6 Å². The van der Waals surface area contributed by atoms with Gasteiger partial charge in [-0.25, -0.2) is 14.5 Å². The molecule has 0 saturated carbocycles. The fourth-order valence-electron chi connectivity index (χ4n) is 2.17. The second-order valence-electron chi connectivity index (χ2n) is 5.10. The number of hydrogen-bond donors (Lipinski definition) is 2. The van der Waals surface area contributed by atoms with Crippen LogP contribution in [0.2, 0.25) is 0 Å². The summed E-state index contributed by atoms with van der Waals surface area (Å²) in [6, 6.07) is 3.93. The number of amides is 1. The summed E-state index contributed by atoms with van der Waals surface area (Å²) >= 11 is 1.59. The fraction of sp³-hybridized carbons (Fsp3) is 0.143. The van der Waals surface area contributed by atoms with E-state index in [1.165, 1.54) is 23.0 Å². The minimum Gasteiger partial charge on any atom is -0.383 e. The molecule has 3 heterocycles. The summed E-state index contributed by atoms with van der Waals surface area (Å²) in [5, 5.41) is 6.70. The fourth-order valence-corrected chi connectivity index (χ4v) is 2.45. The van der Waals surface area contributed by atoms with Crippen LogP contribution < -0.4 is 11.1 Å². The van der Waals surface area contributed by atoms with E-state index in [-0.39, 0.29) is 23.7 Å². The molecule has 0 spiro atoms. The number of alkyl halides is 3. The number of anilines is 2. The van der Waals surface area contributed by atoms with Crippen molar-refractivity contribution in [3.05, 3.63) is 36.2 Å². The van der Waals surface area contributed by atoms with Gasteiger partial charge in [-0.3, -0.25) is 4.79 Å². The highest BCUT2D eigenvalue weighted by atomic mass is 127. The number of pyridine rings is 1. The van der Waals surface area contributed by atoms with E-state index < -0.39 is 23.5 Å². The number of fused-ring (bicyclic) bond motifs is 1. The number of carbonyl (C=O) groups excluding carboxylic acids is 1. The molecule has 8 nitrogen and oxygen atoms in total. The first-order chi connectivity index (χ1) is 12.3. The molecular weight excluding hydrogens is 468 g/mol. The molecular formula is C14H10F3IN6O2. The molecule has 0 bridgehead atoms. The Morgan fingerprint density at radius 2 is 2.15 bits per heavy atom. The van der Waals surface area contributed by atoms with Crippen LogP contribution in [0.5, 0.6) is 0 Å². The Bertz CT molecular complexity index is 975. The van der Waals surface area contributed by atoms with Crippen molar-refractivity contribution in [1.29, 1.82) is 0 Å². The maximum Gasteiger partial charge on any atom is 0.419 e. The van der Waals surface area contributed by atoms with Gasteiger partial charge in [0, 0.05) is 11.8 Å². The number of rotatable bonds is 4. The third-order valence-electron chi connectivity index (χ3n) is 3.29. The number of hydrogen-bond acceptors (Lipinski definition) is 6. The van der Waals surface area contributed by atoms with Crippen LogP contribution in [-0.2, 0) is 14.0 Å². The van der Waals surface area contributed by atoms with Gasteiger partial charge in [0.05, 0.1) is 17.5 Å². The van der Waals surface area contributed by atoms with Gasteiger partial charge in [0.2, 0.25) is 0 Å². The highest BCUT2D eigenvalue weighted by Crippen LogP contribution is 2.34. The third-order valence-corrected chi connectivity index (χ3v) is 3.60. The first-order valence-corrected chi connectivity index (χ1v) is 7.89. The van der Waals surface area contributed by atoms with Gasteiger partial charge >= 0.3 is 6.18 Å². The first kappa shape index (κ1) is 18.3. The molecule has 0 saturated heterocycles. The van der Waals surface area contributed by atoms with Crippen molar-refractivity contribution in [3.8, 4) is 11.3 Å². The molecule has 3 rings (SSSR count). The van der Waals surface area contributed by atoms with Crippen molar-refractivity contribution in [1.82, 2.24) is 19.6 Å². The molecule has 0 unspecified atom stereocenters. The summed E-state index contributed by atoms with van der Waals surface area (Å²) in [5.41, 5.74) is 5.05. The molecule has 12 heteroatoms. The Kier molecular flexibility index (Phi) is 4.95. The normalized spacial score (nSPS) is 11.7. The maximum atomic E-state index is 13.0. The number of nitrogen functional groups attached to an aromatic ring is 1. The van der Waals surface area contributed by atoms with Gasteiger partial charge in [0.1, 0.15) is 35.4 Å². The summed E-state index contributed by atoms with van der Waals surface area (Å²) in [6.45, 7) is -0.148. The largest absolute Gasteiger partial charge is 0.419 e. The molecule has 0 atom stereocenters. The zero-order valence-corrected chi connectivity index (χ0v) is 14.9. The predicted octanol–water partition coefficient (Wildman–Crippen LogP) is 2.70. The molecule has 3 N–H and O–H groups in total. The smallest absolute Gasteiger partial charge is 0.383 e. The van der Waals surface area contributed by atoms with E-state index in [1.807, 2.05) is 0 Å². The SMILES string of the molecule is Nc1ncc(-c2ccc3nc(NC(=O)COI)cn3n2)cc1C(F)(F)F. The Morgan fingerprint density at radius 1 is 1.38 bits per heavy atom. The van der Waals surface area contributed by atoms with E-state index in [0.717, 1.165) is 6.07 Å². The van der Waals surface area contributed by atoms with Gasteiger partial charge in [-0.2, -0.15) is 18.3 Å². The molecule has 0 radical (unpaired) electrons. The lowest BCUT2D eigenvalue weighted by atomic mass is 10.1. The Morgan fingerprint density at radius 3 is 2.85 bits per heavy atom. The van der Waals surface area contributed by atoms with E-state index in [1.54, 1.807) is 29.1 Å². The highest BCUT2D eigenvalue weighted by molar-refractivity contribution is 14.1. The summed E-state index contributed by atoms with van der Waals surface area (Å²) in [4.78, 5) is 19.2. The van der Waals surface area contributed by atoms with Crippen LogP contribution in [0.4, 0.5) is 24.8 Å². The number of aromatic nitrogens is 4. The van der Waals surface area contributed by atoms with Crippen LogP contribution in [-0.4, -0.2) is 32.1 Å². The van der Waals surface area contributed by atoms with Crippen molar-refractivity contribution >= 4 is 46.2 Å². The maximum absolute atomic E-state index is 13.0. The van der Waals surface area contributed by atoms with E-state index in [4.69, 9.17) is 5.73 Å². The van der Waals surface area contributed by atoms with Gasteiger partial charge < -0.3 is 14.1 Å². The molecule has 0 aliphatic rings. The van der Waals surface area contributed by atoms with Crippen LogP contribution >= 0.6 is 23.0 Å². The molecule has 1 amide bonds. The first-order valence-electron chi connectivity index (χ1n) is 7.01. The van der Waals surface area contributed by atoms with Crippen molar-refractivity contribution in [2.45, 2.75) is 6.18 Å². The number of imidazole rings is 1. The van der Waals surface area contributed by atoms with E-state index >= 15 is 0 Å². The van der Waals surface area contributed by atoms with Gasteiger partial charge in [-0.05, 0) is 18.2 Å². The summed E-state index contributed by atoms with van der Waals surface area (Å²) in [5.74, 6) is -0.771. The van der Waals surface area contributed by atoms with Crippen molar-refractivity contribution in [2.75, 3.05) is 17.7 Å². The van der Waals surface area contributed by atoms with Crippen LogP contribution in [0, 0.1) is 0 Å². The molecule has 3 aromatic heterocycles. The molecule has 0 aliphatic heterocycles. The van der Waals surface area contributed by atoms with Crippen molar-refractivity contribution in [3.63, 3.8) is 0 Å². The van der Waals surface area contributed by atoms with Crippen molar-refractivity contribution < 1.29 is 21.0 Å². The Labute approximate surface area is 158 Å². The number of halogens is 4. The lowest BCUT2D eigenvalue weighted by Gasteiger charge is -2.10. The summed E-state index contributed by atoms with van der Waals surface area (Å²) in [7, 11) is 0. The van der Waals surface area contributed by atoms with Gasteiger partial charge in [-0.1, -0.05) is 0 Å². The molecule has 26 heavy (non-hydrogen) atoms. The second kappa shape index (κ2) is 7.03. The average molecular weight is 478 g/mol. The lowest BCUT2D eigenvalue weighted by Crippen LogP contribution is -2.16. The molecule has 0 fully saturated rings. The van der Waals surface area contributed by atoms with E-state index in [2.05, 4.69) is 23.4 Å². The average Bonchev–Trinajstić information content (AvgIpc) is 2.95. The van der Waals surface area contributed by atoms with Gasteiger partial charge in [0.25, 0.3) is 5.91 Å². The van der Waals surface area contributed by atoms with Gasteiger partial charge in [-0.15, -0.1) is 0 Å². The molecule has 136 valence electrons. The standard InChI is InChI=1S/C14H10F3IN6O2/c15-14(16,17)8-3-7(4-20-13(8)19)9-1-2-11-21-10(5-24(11)23-9)22-12(25)6-26-18/h1-5H,6H2,(H2,19,20)(H,22,25). The minimum atomic E-state index is -4.62. The number of carbonyl (C=O) groups is 1. The zero-order valence-electron chi connectivity index (χ0n) is 12.8. The van der Waals surface area contributed by atoms with Gasteiger partial charge in [0.15, 0.2) is 11.5 Å². The zero-order chi connectivity index (χ0) is 18.9. The quantitative estimate of drug-likeness (QED) is 0.559. The summed E-state index contributed by atoms with van der Waals surface area (Å²) < 4.78 is 44.9. The van der Waals surface area contributed by atoms with Crippen molar-refractivity contribution in [2.24, 2.45) is 0 Å². The molecule has 3 aromatic rings. The highest BCUT2D eigenvalue weighted by Gasteiger charge is 2.34. The number of nitrogens with one attached hydrogen (secondary N) is 1. The monoisotopic (exact) mass is 478 g/mol. The van der Waals surface area contributed by atoms with E-state index in [0.29, 0.717) is 5.65 Å².